The van der Waals surface area contributed by atoms with Crippen LogP contribution in [0, 0.1) is 11.6 Å². The molecule has 0 saturated heterocycles. The van der Waals surface area contributed by atoms with Crippen molar-refractivity contribution in [2.45, 2.75) is 30.2 Å². The highest BCUT2D eigenvalue weighted by molar-refractivity contribution is 8.15. The van der Waals surface area contributed by atoms with Crippen LogP contribution in [0.2, 0.25) is 10.0 Å². The molecule has 0 bridgehead atoms. The molecular weight excluding hydrogens is 539 g/mol. The Morgan fingerprint density at radius 2 is 1.73 bits per heavy atom. The van der Waals surface area contributed by atoms with Crippen molar-refractivity contribution in [3.05, 3.63) is 105 Å². The quantitative estimate of drug-likeness (QED) is 0.332. The maximum Gasteiger partial charge on any atom is 0.281 e. The molecule has 1 aliphatic heterocycles. The number of halogens is 4. The van der Waals surface area contributed by atoms with Gasteiger partial charge in [0, 0.05) is 28.3 Å². The number of nitrogens with two attached hydrogens (primary N) is 1. The molecule has 37 heavy (non-hydrogen) atoms. The molecule has 5 nitrogen and oxygen atoms in total. The van der Waals surface area contributed by atoms with Crippen LogP contribution < -0.4 is 5.73 Å². The van der Waals surface area contributed by atoms with Crippen LogP contribution >= 0.6 is 35.0 Å². The van der Waals surface area contributed by atoms with Gasteiger partial charge in [0.2, 0.25) is 0 Å². The summed E-state index contributed by atoms with van der Waals surface area (Å²) in [6.07, 6.45) is 0.915. The first-order valence-corrected chi connectivity index (χ1v) is 13.1. The Labute approximate surface area is 228 Å². The van der Waals surface area contributed by atoms with Crippen LogP contribution in [0.1, 0.15) is 36.5 Å². The maximum absolute atomic E-state index is 15.0. The van der Waals surface area contributed by atoms with Gasteiger partial charge in [0.05, 0.1) is 0 Å². The van der Waals surface area contributed by atoms with Gasteiger partial charge in [-0.05, 0) is 68.3 Å². The van der Waals surface area contributed by atoms with E-state index < -0.39 is 28.0 Å². The molecule has 0 aromatic heterocycles. The third kappa shape index (κ3) is 5.13. The maximum atomic E-state index is 15.0. The molecule has 4 rings (SSSR count). The summed E-state index contributed by atoms with van der Waals surface area (Å²) < 4.78 is 35.6. The highest BCUT2D eigenvalue weighted by Crippen LogP contribution is 2.52. The molecule has 0 radical (unpaired) electrons. The Kier molecular flexibility index (Phi) is 8.26. The highest BCUT2D eigenvalue weighted by atomic mass is 35.5. The predicted octanol–water partition coefficient (Wildman–Crippen LogP) is 6.66. The monoisotopic (exact) mass is 563 g/mol. The van der Waals surface area contributed by atoms with E-state index in [-0.39, 0.29) is 21.2 Å². The average Bonchev–Trinajstić information content (AvgIpc) is 3.30. The number of benzene rings is 3. The lowest BCUT2D eigenvalue weighted by molar-refractivity contribution is -0.158. The van der Waals surface area contributed by atoms with E-state index in [1.54, 1.807) is 0 Å². The van der Waals surface area contributed by atoms with E-state index in [9.17, 15) is 9.18 Å². The van der Waals surface area contributed by atoms with Gasteiger partial charge in [-0.15, -0.1) is 0 Å². The van der Waals surface area contributed by atoms with E-state index in [2.05, 4.69) is 5.10 Å². The average molecular weight is 564 g/mol. The largest absolute Gasteiger partial charge is 0.364 e. The van der Waals surface area contributed by atoms with E-state index in [4.69, 9.17) is 33.7 Å². The first-order chi connectivity index (χ1) is 17.7. The Bertz CT molecular complexity index is 1340. The lowest BCUT2D eigenvalue weighted by atomic mass is 9.91. The molecule has 10 heteroatoms. The van der Waals surface area contributed by atoms with Crippen LogP contribution in [-0.4, -0.2) is 29.6 Å². The zero-order chi connectivity index (χ0) is 26.8. The molecule has 0 aliphatic carbocycles. The second-order valence-corrected chi connectivity index (χ2v) is 10.8. The van der Waals surface area contributed by atoms with Gasteiger partial charge in [-0.25, -0.2) is 13.8 Å². The fourth-order valence-electron chi connectivity index (χ4n) is 4.28. The highest BCUT2D eigenvalue weighted by Gasteiger charge is 2.54. The van der Waals surface area contributed by atoms with E-state index in [0.717, 1.165) is 5.56 Å². The Balaban J connectivity index is 1.94. The van der Waals surface area contributed by atoms with Crippen molar-refractivity contribution >= 4 is 45.9 Å². The molecule has 1 heterocycles. The molecular formula is C27H25Cl2F2N3O2S. The van der Waals surface area contributed by atoms with Crippen LogP contribution in [-0.2, 0) is 20.0 Å². The summed E-state index contributed by atoms with van der Waals surface area (Å²) in [5, 5.41) is 6.70. The van der Waals surface area contributed by atoms with Gasteiger partial charge in [-0.1, -0.05) is 65.3 Å². The van der Waals surface area contributed by atoms with Gasteiger partial charge in [-0.3, -0.25) is 4.79 Å². The van der Waals surface area contributed by atoms with Crippen molar-refractivity contribution in [3.8, 4) is 0 Å². The van der Waals surface area contributed by atoms with E-state index in [0.29, 0.717) is 24.4 Å². The summed E-state index contributed by atoms with van der Waals surface area (Å²) in [5.41, 5.74) is 4.92. The van der Waals surface area contributed by atoms with Crippen LogP contribution in [0.4, 0.5) is 8.78 Å². The van der Waals surface area contributed by atoms with Gasteiger partial charge in [0.15, 0.2) is 5.60 Å². The van der Waals surface area contributed by atoms with Crippen molar-refractivity contribution in [1.29, 1.82) is 0 Å². The van der Waals surface area contributed by atoms with Gasteiger partial charge in [-0.2, -0.15) is 5.10 Å². The van der Waals surface area contributed by atoms with Crippen molar-refractivity contribution in [2.24, 2.45) is 10.8 Å². The summed E-state index contributed by atoms with van der Waals surface area (Å²) in [6, 6.07) is 17.3. The molecule has 0 saturated carbocycles. The van der Waals surface area contributed by atoms with E-state index >= 15 is 4.39 Å². The SMILES string of the molecule is CO[C@](C)(C(=O)N1N=C(c2cc(Cl)ccc2F)SC1(CCCN)c1ccccc1)c1cc(Cl)ccc1F. The van der Waals surface area contributed by atoms with Gasteiger partial charge in [0.1, 0.15) is 21.5 Å². The lowest BCUT2D eigenvalue weighted by Crippen LogP contribution is -2.51. The third-order valence-electron chi connectivity index (χ3n) is 6.35. The Morgan fingerprint density at radius 3 is 2.38 bits per heavy atom. The van der Waals surface area contributed by atoms with E-state index in [1.807, 2.05) is 30.3 Å². The van der Waals surface area contributed by atoms with Crippen molar-refractivity contribution in [3.63, 3.8) is 0 Å². The molecule has 3 aromatic rings. The summed E-state index contributed by atoms with van der Waals surface area (Å²) in [7, 11) is 1.31. The first kappa shape index (κ1) is 27.5. The molecule has 0 spiro atoms. The van der Waals surface area contributed by atoms with Crippen molar-refractivity contribution in [1.82, 2.24) is 5.01 Å². The zero-order valence-corrected chi connectivity index (χ0v) is 22.5. The van der Waals surface area contributed by atoms with Crippen LogP contribution in [0.15, 0.2) is 71.8 Å². The molecule has 1 unspecified atom stereocenters. The molecule has 2 atom stereocenters. The van der Waals surface area contributed by atoms with Crippen LogP contribution in [0.5, 0.6) is 0 Å². The minimum absolute atomic E-state index is 0.0455. The Hall–Kier alpha value is -2.49. The second kappa shape index (κ2) is 11.1. The number of nitrogens with zero attached hydrogens (tertiary/aromatic N) is 2. The molecule has 194 valence electrons. The number of carbonyl (C=O) groups is 1. The standard InChI is InChI=1S/C27H25Cl2F2N3O2S/c1-26(36-2,21-16-19(29)10-12-23(21)31)25(35)34-27(13-6-14-32,17-7-4-3-5-8-17)37-24(33-34)20-15-18(28)9-11-22(20)30/h3-5,7-12,15-16H,6,13-14,32H2,1-2H3/t26-,27?/m0/s1. The first-order valence-electron chi connectivity index (χ1n) is 11.5. The number of methoxy groups -OCH3 is 1. The summed E-state index contributed by atoms with van der Waals surface area (Å²) in [4.78, 5) is 13.2. The number of rotatable bonds is 8. The summed E-state index contributed by atoms with van der Waals surface area (Å²) >= 11 is 13.5. The normalized spacial score (nSPS) is 19.0. The van der Waals surface area contributed by atoms with Gasteiger partial charge >= 0.3 is 0 Å². The minimum atomic E-state index is -1.80. The fourth-order valence-corrected chi connectivity index (χ4v) is 6.04. The number of thioether (sulfide) groups is 1. The molecule has 3 aromatic carbocycles. The van der Waals surface area contributed by atoms with Gasteiger partial charge < -0.3 is 10.5 Å². The predicted molar refractivity (Wildman–Crippen MR) is 145 cm³/mol. The van der Waals surface area contributed by atoms with Crippen LogP contribution in [0.3, 0.4) is 0 Å². The zero-order valence-electron chi connectivity index (χ0n) is 20.2. The van der Waals surface area contributed by atoms with Crippen molar-refractivity contribution < 1.29 is 18.3 Å². The molecule has 1 aliphatic rings. The minimum Gasteiger partial charge on any atom is -0.364 e. The Morgan fingerprint density at radius 1 is 1.08 bits per heavy atom. The smallest absolute Gasteiger partial charge is 0.281 e. The number of hydrazone groups is 1. The number of hydrogen-bond donors (Lipinski definition) is 1. The van der Waals surface area contributed by atoms with Crippen molar-refractivity contribution in [2.75, 3.05) is 13.7 Å². The lowest BCUT2D eigenvalue weighted by Gasteiger charge is -2.40. The molecule has 1 amide bonds. The number of amides is 1. The van der Waals surface area contributed by atoms with Crippen LogP contribution in [0.25, 0.3) is 0 Å². The molecule has 0 fully saturated rings. The summed E-state index contributed by atoms with van der Waals surface area (Å²) in [6.45, 7) is 1.81. The topological polar surface area (TPSA) is 67.9 Å². The second-order valence-electron chi connectivity index (χ2n) is 8.65. The number of carbonyl (C=O) groups excluding carboxylic acids is 1. The molecule has 2 N–H and O–H groups in total. The summed E-state index contributed by atoms with van der Waals surface area (Å²) in [5.74, 6) is -1.85. The number of hydrogen-bond acceptors (Lipinski definition) is 5. The van der Waals surface area contributed by atoms with E-state index in [1.165, 1.54) is 67.2 Å². The third-order valence-corrected chi connectivity index (χ3v) is 8.27. The number of ether oxygens (including phenoxy) is 1. The van der Waals surface area contributed by atoms with Gasteiger partial charge in [0.25, 0.3) is 5.91 Å². The fraction of sp³-hybridized carbons (Fsp3) is 0.259.